The SMILES string of the molecule is CCOC(OCC)c1ccnc(NC)n1. The van der Waals surface area contributed by atoms with Gasteiger partial charge in [-0.3, -0.25) is 0 Å². The Morgan fingerprint density at radius 3 is 2.53 bits per heavy atom. The van der Waals surface area contributed by atoms with Crippen LogP contribution in [0.15, 0.2) is 12.3 Å². The third-order valence-electron chi connectivity index (χ3n) is 1.78. The molecule has 0 spiro atoms. The summed E-state index contributed by atoms with van der Waals surface area (Å²) in [6, 6.07) is 1.79. The molecule has 0 aliphatic rings. The van der Waals surface area contributed by atoms with E-state index in [4.69, 9.17) is 9.47 Å². The first-order chi connectivity index (χ1) is 7.31. The summed E-state index contributed by atoms with van der Waals surface area (Å²) in [6.45, 7) is 5.02. The molecule has 5 nitrogen and oxygen atoms in total. The van der Waals surface area contributed by atoms with Crippen molar-refractivity contribution in [2.24, 2.45) is 0 Å². The molecule has 0 amide bonds. The van der Waals surface area contributed by atoms with Gasteiger partial charge in [-0.2, -0.15) is 0 Å². The molecule has 0 fully saturated rings. The van der Waals surface area contributed by atoms with Crippen LogP contribution in [0, 0.1) is 0 Å². The monoisotopic (exact) mass is 211 g/mol. The third-order valence-corrected chi connectivity index (χ3v) is 1.78. The van der Waals surface area contributed by atoms with Crippen molar-refractivity contribution < 1.29 is 9.47 Å². The van der Waals surface area contributed by atoms with Gasteiger partial charge in [0.15, 0.2) is 0 Å². The molecule has 1 heterocycles. The number of anilines is 1. The van der Waals surface area contributed by atoms with Crippen LogP contribution in [0.2, 0.25) is 0 Å². The van der Waals surface area contributed by atoms with Gasteiger partial charge in [0.1, 0.15) is 5.69 Å². The Morgan fingerprint density at radius 2 is 2.00 bits per heavy atom. The minimum Gasteiger partial charge on any atom is -0.357 e. The van der Waals surface area contributed by atoms with Gasteiger partial charge in [-0.15, -0.1) is 0 Å². The summed E-state index contributed by atoms with van der Waals surface area (Å²) in [5, 5.41) is 2.87. The third kappa shape index (κ3) is 3.45. The first-order valence-corrected chi connectivity index (χ1v) is 5.05. The molecule has 1 aromatic rings. The molecular formula is C10H17N3O2. The maximum Gasteiger partial charge on any atom is 0.222 e. The molecule has 84 valence electrons. The van der Waals surface area contributed by atoms with Crippen molar-refractivity contribution in [1.29, 1.82) is 0 Å². The van der Waals surface area contributed by atoms with Crippen molar-refractivity contribution in [2.75, 3.05) is 25.6 Å². The summed E-state index contributed by atoms with van der Waals surface area (Å²) in [5.41, 5.74) is 0.734. The van der Waals surface area contributed by atoms with Gasteiger partial charge < -0.3 is 14.8 Å². The van der Waals surface area contributed by atoms with Crippen LogP contribution in [0.5, 0.6) is 0 Å². The number of ether oxygens (including phenoxy) is 2. The summed E-state index contributed by atoms with van der Waals surface area (Å²) < 4.78 is 10.9. The number of hydrogen-bond acceptors (Lipinski definition) is 5. The van der Waals surface area contributed by atoms with Crippen molar-refractivity contribution in [2.45, 2.75) is 20.1 Å². The molecule has 1 N–H and O–H groups in total. The summed E-state index contributed by atoms with van der Waals surface area (Å²) >= 11 is 0. The maximum atomic E-state index is 5.43. The highest BCUT2D eigenvalue weighted by atomic mass is 16.7. The summed E-state index contributed by atoms with van der Waals surface area (Å²) in [5.74, 6) is 0.567. The second-order valence-electron chi connectivity index (χ2n) is 2.80. The van der Waals surface area contributed by atoms with E-state index in [0.29, 0.717) is 19.2 Å². The standard InChI is InChI=1S/C10H17N3O2/c1-4-14-9(15-5-2)8-6-7-12-10(11-3)13-8/h6-7,9H,4-5H2,1-3H3,(H,11,12,13). The lowest BCUT2D eigenvalue weighted by Gasteiger charge is -2.16. The zero-order valence-electron chi connectivity index (χ0n) is 9.36. The van der Waals surface area contributed by atoms with E-state index in [1.807, 2.05) is 13.8 Å². The second kappa shape index (κ2) is 6.31. The quantitative estimate of drug-likeness (QED) is 0.724. The lowest BCUT2D eigenvalue weighted by molar-refractivity contribution is -0.142. The van der Waals surface area contributed by atoms with Gasteiger partial charge in [-0.05, 0) is 19.9 Å². The van der Waals surface area contributed by atoms with Crippen LogP contribution in [0.25, 0.3) is 0 Å². The van der Waals surface area contributed by atoms with E-state index in [2.05, 4.69) is 15.3 Å². The highest BCUT2D eigenvalue weighted by Crippen LogP contribution is 2.16. The number of hydrogen-bond donors (Lipinski definition) is 1. The smallest absolute Gasteiger partial charge is 0.222 e. The van der Waals surface area contributed by atoms with Gasteiger partial charge in [-0.1, -0.05) is 0 Å². The number of rotatable bonds is 6. The van der Waals surface area contributed by atoms with Gasteiger partial charge in [0, 0.05) is 26.5 Å². The fraction of sp³-hybridized carbons (Fsp3) is 0.600. The molecule has 1 rings (SSSR count). The zero-order valence-corrected chi connectivity index (χ0v) is 9.36. The molecule has 0 aliphatic carbocycles. The van der Waals surface area contributed by atoms with Crippen molar-refractivity contribution in [1.82, 2.24) is 9.97 Å². The van der Waals surface area contributed by atoms with Crippen molar-refractivity contribution in [3.8, 4) is 0 Å². The average molecular weight is 211 g/mol. The molecule has 0 radical (unpaired) electrons. The summed E-state index contributed by atoms with van der Waals surface area (Å²) in [7, 11) is 1.77. The Labute approximate surface area is 89.8 Å². The largest absolute Gasteiger partial charge is 0.357 e. The van der Waals surface area contributed by atoms with E-state index in [1.54, 1.807) is 19.3 Å². The Bertz CT molecular complexity index is 288. The molecular weight excluding hydrogens is 194 g/mol. The van der Waals surface area contributed by atoms with E-state index in [0.717, 1.165) is 5.69 Å². The minimum absolute atomic E-state index is 0.407. The van der Waals surface area contributed by atoms with Crippen LogP contribution in [0.4, 0.5) is 5.95 Å². The number of nitrogens with one attached hydrogen (secondary N) is 1. The van der Waals surface area contributed by atoms with Gasteiger partial charge >= 0.3 is 0 Å². The van der Waals surface area contributed by atoms with Gasteiger partial charge in [0.05, 0.1) is 0 Å². The Balaban J connectivity index is 2.79. The molecule has 0 aromatic carbocycles. The van der Waals surface area contributed by atoms with Gasteiger partial charge in [0.25, 0.3) is 0 Å². The predicted octanol–water partition coefficient (Wildman–Crippen LogP) is 1.59. The Hall–Kier alpha value is -1.20. The van der Waals surface area contributed by atoms with E-state index < -0.39 is 6.29 Å². The van der Waals surface area contributed by atoms with Crippen LogP contribution < -0.4 is 5.32 Å². The van der Waals surface area contributed by atoms with Crippen molar-refractivity contribution in [3.05, 3.63) is 18.0 Å². The molecule has 0 saturated carbocycles. The molecule has 0 aliphatic heterocycles. The average Bonchev–Trinajstić information content (AvgIpc) is 2.29. The predicted molar refractivity (Wildman–Crippen MR) is 57.6 cm³/mol. The first-order valence-electron chi connectivity index (χ1n) is 5.05. The zero-order chi connectivity index (χ0) is 11.1. The lowest BCUT2D eigenvalue weighted by Crippen LogP contribution is -2.11. The van der Waals surface area contributed by atoms with E-state index in [1.165, 1.54) is 0 Å². The number of nitrogens with zero attached hydrogens (tertiary/aromatic N) is 2. The highest BCUT2D eigenvalue weighted by Gasteiger charge is 2.13. The number of aromatic nitrogens is 2. The fourth-order valence-electron chi connectivity index (χ4n) is 1.15. The van der Waals surface area contributed by atoms with Crippen LogP contribution in [-0.4, -0.2) is 30.2 Å². The van der Waals surface area contributed by atoms with Gasteiger partial charge in [0.2, 0.25) is 12.2 Å². The van der Waals surface area contributed by atoms with Crippen LogP contribution >= 0.6 is 0 Å². The molecule has 1 aromatic heterocycles. The molecule has 0 atom stereocenters. The first kappa shape index (κ1) is 11.9. The van der Waals surface area contributed by atoms with Crippen LogP contribution in [-0.2, 0) is 9.47 Å². The van der Waals surface area contributed by atoms with E-state index >= 15 is 0 Å². The van der Waals surface area contributed by atoms with Crippen molar-refractivity contribution in [3.63, 3.8) is 0 Å². The van der Waals surface area contributed by atoms with E-state index in [-0.39, 0.29) is 0 Å². The van der Waals surface area contributed by atoms with E-state index in [9.17, 15) is 0 Å². The minimum atomic E-state index is -0.407. The highest BCUT2D eigenvalue weighted by molar-refractivity contribution is 5.23. The molecule has 0 unspecified atom stereocenters. The second-order valence-corrected chi connectivity index (χ2v) is 2.80. The van der Waals surface area contributed by atoms with Gasteiger partial charge in [-0.25, -0.2) is 9.97 Å². The summed E-state index contributed by atoms with van der Waals surface area (Å²) in [6.07, 6.45) is 1.27. The van der Waals surface area contributed by atoms with Crippen LogP contribution in [0.1, 0.15) is 25.8 Å². The molecule has 0 saturated heterocycles. The van der Waals surface area contributed by atoms with Crippen LogP contribution in [0.3, 0.4) is 0 Å². The van der Waals surface area contributed by atoms with Crippen molar-refractivity contribution >= 4 is 5.95 Å². The molecule has 5 heteroatoms. The lowest BCUT2D eigenvalue weighted by atomic mass is 10.4. The summed E-state index contributed by atoms with van der Waals surface area (Å²) in [4.78, 5) is 8.28. The molecule has 15 heavy (non-hydrogen) atoms. The Morgan fingerprint density at radius 1 is 1.33 bits per heavy atom. The fourth-order valence-corrected chi connectivity index (χ4v) is 1.15. The molecule has 0 bridgehead atoms. The maximum absolute atomic E-state index is 5.43. The normalized spacial score (nSPS) is 10.7. The Kier molecular flexibility index (Phi) is 5.00. The topological polar surface area (TPSA) is 56.3 Å².